The number of fused-ring (bicyclic) bond motifs is 1. The largest absolute Gasteiger partial charge is 0.479 e. The highest BCUT2D eigenvalue weighted by Crippen LogP contribution is 2.69. The summed E-state index contributed by atoms with van der Waals surface area (Å²) in [4.78, 5) is 10.5. The van der Waals surface area contributed by atoms with Gasteiger partial charge in [0, 0.05) is 17.2 Å². The third kappa shape index (κ3) is 2.91. The Bertz CT molecular complexity index is 597. The van der Waals surface area contributed by atoms with Crippen LogP contribution in [0.15, 0.2) is 18.2 Å². The molecule has 0 amide bonds. The van der Waals surface area contributed by atoms with Gasteiger partial charge in [0.05, 0.1) is 6.54 Å². The molecule has 1 unspecified atom stereocenters. The second-order valence-electron chi connectivity index (χ2n) is 5.96. The quantitative estimate of drug-likeness (QED) is 0.562. The average molecular weight is 331 g/mol. The molecule has 5 N–H and O–H groups in total. The Morgan fingerprint density at radius 1 is 1.36 bits per heavy atom. The molecule has 0 aromatic heterocycles. The molecule has 3 rings (SSSR count). The lowest BCUT2D eigenvalue weighted by Gasteiger charge is -2.29. The van der Waals surface area contributed by atoms with E-state index in [2.05, 4.69) is 5.32 Å². The zero-order valence-corrected chi connectivity index (χ0v) is 12.5. The number of carboxylic acid groups (broad SMARTS) is 1. The third-order valence-corrected chi connectivity index (χ3v) is 6.23. The summed E-state index contributed by atoms with van der Waals surface area (Å²) in [7, 11) is -2.45. The molecule has 0 bridgehead atoms. The van der Waals surface area contributed by atoms with E-state index in [1.165, 1.54) is 6.07 Å². The molecule has 1 aliphatic heterocycles. The summed E-state index contributed by atoms with van der Waals surface area (Å²) in [5.74, 6) is -0.697. The summed E-state index contributed by atoms with van der Waals surface area (Å²) in [6.07, 6.45) is -1.55. The van der Waals surface area contributed by atoms with Crippen molar-refractivity contribution in [1.82, 2.24) is 0 Å². The van der Waals surface area contributed by atoms with Crippen LogP contribution in [0.5, 0.6) is 0 Å². The van der Waals surface area contributed by atoms with E-state index >= 15 is 0 Å². The maximum absolute atomic E-state index is 14.2. The van der Waals surface area contributed by atoms with Crippen molar-refractivity contribution >= 4 is 22.2 Å². The van der Waals surface area contributed by atoms with E-state index in [4.69, 9.17) is 10.2 Å². The van der Waals surface area contributed by atoms with Crippen LogP contribution in [-0.4, -0.2) is 49.4 Å². The van der Waals surface area contributed by atoms with Crippen LogP contribution in [0.3, 0.4) is 0 Å². The van der Waals surface area contributed by atoms with Crippen LogP contribution in [0.2, 0.25) is 0 Å². The molecule has 0 radical (unpaired) electrons. The molecule has 8 heteroatoms. The molecular formula is C14H18FNO5S. The zero-order valence-electron chi connectivity index (χ0n) is 11.6. The van der Waals surface area contributed by atoms with Crippen LogP contribution < -0.4 is 5.32 Å². The number of nitrogens with one attached hydrogen (secondary N) is 1. The van der Waals surface area contributed by atoms with E-state index in [1.54, 1.807) is 12.1 Å². The van der Waals surface area contributed by atoms with Gasteiger partial charge in [-0.15, -0.1) is 0 Å². The van der Waals surface area contributed by atoms with Crippen molar-refractivity contribution in [3.8, 4) is 0 Å². The van der Waals surface area contributed by atoms with Gasteiger partial charge in [-0.05, 0) is 35.4 Å². The highest BCUT2D eigenvalue weighted by molar-refractivity contribution is 8.24. The van der Waals surface area contributed by atoms with Gasteiger partial charge in [-0.2, -0.15) is 10.6 Å². The average Bonchev–Trinajstić information content (AvgIpc) is 2.93. The number of benzene rings is 1. The lowest BCUT2D eigenvalue weighted by molar-refractivity contribution is -0.145. The number of aliphatic hydroxyl groups excluding tert-OH is 1. The lowest BCUT2D eigenvalue weighted by atomic mass is 10.1. The Hall–Kier alpha value is -1.35. The van der Waals surface area contributed by atoms with Crippen molar-refractivity contribution in [2.75, 3.05) is 23.4 Å². The van der Waals surface area contributed by atoms with E-state index in [-0.39, 0.29) is 24.3 Å². The minimum absolute atomic E-state index is 0.0404. The fourth-order valence-corrected chi connectivity index (χ4v) is 5.53. The molecule has 1 saturated carbocycles. The first kappa shape index (κ1) is 15.5. The van der Waals surface area contributed by atoms with Crippen molar-refractivity contribution in [2.45, 2.75) is 12.0 Å². The fourth-order valence-electron chi connectivity index (χ4n) is 3.25. The van der Waals surface area contributed by atoms with E-state index in [0.29, 0.717) is 22.8 Å². The molecule has 0 spiro atoms. The van der Waals surface area contributed by atoms with Crippen molar-refractivity contribution in [2.24, 2.45) is 11.8 Å². The van der Waals surface area contributed by atoms with Crippen molar-refractivity contribution in [3.05, 3.63) is 29.6 Å². The first-order chi connectivity index (χ1) is 10.3. The Morgan fingerprint density at radius 3 is 2.55 bits per heavy atom. The SMILES string of the molecule is O=C(O)[C@H](O)CNc1ccc(C2[C@H]3CS(O)(O)C[C@@H]23)c(F)c1. The van der Waals surface area contributed by atoms with Gasteiger partial charge in [0.25, 0.3) is 0 Å². The summed E-state index contributed by atoms with van der Waals surface area (Å²) >= 11 is 0. The monoisotopic (exact) mass is 331 g/mol. The van der Waals surface area contributed by atoms with Gasteiger partial charge < -0.3 is 15.5 Å². The second kappa shape index (κ2) is 5.38. The number of aliphatic hydroxyl groups is 1. The first-order valence-corrected chi connectivity index (χ1v) is 8.85. The molecule has 2 aliphatic rings. The molecule has 6 nitrogen and oxygen atoms in total. The number of carboxylic acids is 1. The number of aliphatic carboxylic acids is 1. The van der Waals surface area contributed by atoms with Crippen LogP contribution in [0.4, 0.5) is 10.1 Å². The first-order valence-electron chi connectivity index (χ1n) is 6.96. The molecule has 1 heterocycles. The maximum atomic E-state index is 14.2. The van der Waals surface area contributed by atoms with Crippen LogP contribution >= 0.6 is 10.6 Å². The highest BCUT2D eigenvalue weighted by Gasteiger charge is 2.59. The molecule has 1 aromatic carbocycles. The Kier molecular flexibility index (Phi) is 3.80. The summed E-state index contributed by atoms with van der Waals surface area (Å²) in [5.41, 5.74) is 0.964. The molecule has 4 atom stereocenters. The Balaban J connectivity index is 1.63. The van der Waals surface area contributed by atoms with Gasteiger partial charge in [0.15, 0.2) is 6.10 Å². The predicted octanol–water partition coefficient (Wildman–Crippen LogP) is 1.78. The molecule has 1 aromatic rings. The standard InChI is InChI=1S/C14H18FNO5S/c15-11-3-7(16-4-12(17)14(18)19)1-2-8(11)13-9-5-22(20,21)6-10(9)13/h1-3,9-10,12-13,16-17,20-21H,4-6H2,(H,18,19)/t9-,10+,12-,13?/m1/s1. The van der Waals surface area contributed by atoms with E-state index in [0.717, 1.165) is 0 Å². The molecule has 1 saturated heterocycles. The third-order valence-electron chi connectivity index (χ3n) is 4.39. The normalized spacial score (nSPS) is 31.2. The summed E-state index contributed by atoms with van der Waals surface area (Å²) < 4.78 is 33.4. The van der Waals surface area contributed by atoms with Crippen molar-refractivity contribution in [3.63, 3.8) is 0 Å². The van der Waals surface area contributed by atoms with Crippen LogP contribution in [-0.2, 0) is 4.79 Å². The van der Waals surface area contributed by atoms with Crippen molar-refractivity contribution < 1.29 is 28.5 Å². The van der Waals surface area contributed by atoms with E-state index < -0.39 is 28.5 Å². The number of hydrogen-bond acceptors (Lipinski definition) is 5. The van der Waals surface area contributed by atoms with Crippen LogP contribution in [0.25, 0.3) is 0 Å². The highest BCUT2D eigenvalue weighted by atomic mass is 32.3. The minimum Gasteiger partial charge on any atom is -0.479 e. The van der Waals surface area contributed by atoms with E-state index in [1.807, 2.05) is 0 Å². The van der Waals surface area contributed by atoms with Crippen LogP contribution in [0.1, 0.15) is 11.5 Å². The number of carbonyl (C=O) groups is 1. The van der Waals surface area contributed by atoms with Crippen LogP contribution in [0, 0.1) is 17.7 Å². The molecule has 122 valence electrons. The zero-order chi connectivity index (χ0) is 16.1. The van der Waals surface area contributed by atoms with Gasteiger partial charge in [0.2, 0.25) is 0 Å². The van der Waals surface area contributed by atoms with Gasteiger partial charge in [-0.3, -0.25) is 9.11 Å². The predicted molar refractivity (Wildman–Crippen MR) is 80.8 cm³/mol. The van der Waals surface area contributed by atoms with Gasteiger partial charge in [-0.1, -0.05) is 6.07 Å². The topological polar surface area (TPSA) is 110 Å². The second-order valence-corrected chi connectivity index (χ2v) is 8.23. The number of halogens is 1. The number of hydrogen-bond donors (Lipinski definition) is 5. The molecule has 2 fully saturated rings. The fraction of sp³-hybridized carbons (Fsp3) is 0.500. The van der Waals surface area contributed by atoms with Gasteiger partial charge in [-0.25, -0.2) is 9.18 Å². The Morgan fingerprint density at radius 2 is 2.00 bits per heavy atom. The number of anilines is 1. The molecule has 1 aliphatic carbocycles. The number of rotatable bonds is 5. The van der Waals surface area contributed by atoms with Gasteiger partial charge in [0.1, 0.15) is 5.82 Å². The van der Waals surface area contributed by atoms with Gasteiger partial charge >= 0.3 is 5.97 Å². The smallest absolute Gasteiger partial charge is 0.334 e. The summed E-state index contributed by atoms with van der Waals surface area (Å²) in [5, 5.41) is 20.4. The molecular weight excluding hydrogens is 313 g/mol. The maximum Gasteiger partial charge on any atom is 0.334 e. The summed E-state index contributed by atoms with van der Waals surface area (Å²) in [6.45, 7) is -0.205. The van der Waals surface area contributed by atoms with Crippen molar-refractivity contribution in [1.29, 1.82) is 0 Å². The van der Waals surface area contributed by atoms with E-state index in [9.17, 15) is 18.3 Å². The minimum atomic E-state index is -2.45. The summed E-state index contributed by atoms with van der Waals surface area (Å²) in [6, 6.07) is 4.55. The Labute approximate surface area is 128 Å². The molecule has 22 heavy (non-hydrogen) atoms. The lowest BCUT2D eigenvalue weighted by Crippen LogP contribution is -2.28.